The fourth-order valence-corrected chi connectivity index (χ4v) is 2.04. The quantitative estimate of drug-likeness (QED) is 0.601. The van der Waals surface area contributed by atoms with E-state index in [2.05, 4.69) is 30.6 Å². The van der Waals surface area contributed by atoms with Crippen LogP contribution in [0.3, 0.4) is 0 Å². The van der Waals surface area contributed by atoms with Crippen LogP contribution in [0.25, 0.3) is 0 Å². The molecular formula is C10H16N8OS. The van der Waals surface area contributed by atoms with Crippen molar-refractivity contribution >= 4 is 17.7 Å². The van der Waals surface area contributed by atoms with Crippen LogP contribution in [0.2, 0.25) is 0 Å². The number of nitrogens with zero attached hydrogens (tertiary/aromatic N) is 6. The Morgan fingerprint density at radius 1 is 1.25 bits per heavy atom. The van der Waals surface area contributed by atoms with Gasteiger partial charge in [-0.25, -0.2) is 5.84 Å². The van der Waals surface area contributed by atoms with Gasteiger partial charge >= 0.3 is 6.01 Å². The average Bonchev–Trinajstić information content (AvgIpc) is 2.69. The number of ether oxygens (including phenoxy) is 1. The Labute approximate surface area is 120 Å². The molecule has 0 unspecified atom stereocenters. The summed E-state index contributed by atoms with van der Waals surface area (Å²) in [6.45, 7) is 5.64. The summed E-state index contributed by atoms with van der Waals surface area (Å²) in [7, 11) is 1.87. The predicted molar refractivity (Wildman–Crippen MR) is 73.3 cm³/mol. The first-order valence-corrected chi connectivity index (χ1v) is 6.74. The lowest BCUT2D eigenvalue weighted by Gasteiger charge is -2.09. The normalized spacial score (nSPS) is 10.9. The molecule has 0 bridgehead atoms. The molecule has 20 heavy (non-hydrogen) atoms. The van der Waals surface area contributed by atoms with E-state index in [4.69, 9.17) is 10.6 Å². The number of nitrogens with two attached hydrogens (primary N) is 1. The Morgan fingerprint density at radius 3 is 2.55 bits per heavy atom. The van der Waals surface area contributed by atoms with Crippen molar-refractivity contribution in [1.29, 1.82) is 0 Å². The van der Waals surface area contributed by atoms with Gasteiger partial charge in [0, 0.05) is 7.05 Å². The van der Waals surface area contributed by atoms with Gasteiger partial charge in [0.1, 0.15) is 5.82 Å². The average molecular weight is 296 g/mol. The molecule has 0 saturated heterocycles. The predicted octanol–water partition coefficient (Wildman–Crippen LogP) is 0.533. The van der Waals surface area contributed by atoms with Crippen LogP contribution in [0.4, 0.5) is 5.95 Å². The molecule has 0 aliphatic rings. The Balaban J connectivity index is 2.28. The van der Waals surface area contributed by atoms with Crippen molar-refractivity contribution in [1.82, 2.24) is 29.7 Å². The summed E-state index contributed by atoms with van der Waals surface area (Å²) in [6, 6.07) is 0.212. The summed E-state index contributed by atoms with van der Waals surface area (Å²) in [5, 5.41) is 9.12. The van der Waals surface area contributed by atoms with Crippen molar-refractivity contribution in [3.63, 3.8) is 0 Å². The third kappa shape index (κ3) is 3.33. The van der Waals surface area contributed by atoms with Gasteiger partial charge in [-0.2, -0.15) is 15.0 Å². The van der Waals surface area contributed by atoms with Gasteiger partial charge in [0.15, 0.2) is 5.16 Å². The van der Waals surface area contributed by atoms with Crippen LogP contribution in [-0.4, -0.2) is 35.8 Å². The zero-order valence-corrected chi connectivity index (χ0v) is 12.5. The highest BCUT2D eigenvalue weighted by molar-refractivity contribution is 7.99. The maximum atomic E-state index is 5.46. The number of nitrogens with one attached hydrogen (secondary N) is 1. The van der Waals surface area contributed by atoms with Gasteiger partial charge in [-0.1, -0.05) is 0 Å². The van der Waals surface area contributed by atoms with Gasteiger partial charge in [0.25, 0.3) is 0 Å². The number of anilines is 1. The van der Waals surface area contributed by atoms with Crippen LogP contribution in [0, 0.1) is 6.92 Å². The topological polar surface area (TPSA) is 117 Å². The lowest BCUT2D eigenvalue weighted by molar-refractivity contribution is 0.219. The molecule has 0 fully saturated rings. The molecule has 0 aliphatic heterocycles. The van der Waals surface area contributed by atoms with Gasteiger partial charge in [-0.05, 0) is 32.5 Å². The number of hydrogen-bond acceptors (Lipinski definition) is 9. The summed E-state index contributed by atoms with van der Waals surface area (Å²) in [5.41, 5.74) is 2.39. The van der Waals surface area contributed by atoms with E-state index in [-0.39, 0.29) is 18.1 Å². The van der Waals surface area contributed by atoms with E-state index < -0.39 is 0 Å². The molecule has 9 nitrogen and oxygen atoms in total. The molecule has 2 aromatic rings. The fourth-order valence-electron chi connectivity index (χ4n) is 1.27. The minimum atomic E-state index is -0.0436. The minimum absolute atomic E-state index is 0.0436. The summed E-state index contributed by atoms with van der Waals surface area (Å²) in [4.78, 5) is 12.4. The van der Waals surface area contributed by atoms with Crippen LogP contribution < -0.4 is 16.0 Å². The summed E-state index contributed by atoms with van der Waals surface area (Å²) < 4.78 is 7.30. The smallest absolute Gasteiger partial charge is 0.322 e. The largest absolute Gasteiger partial charge is 0.461 e. The molecule has 108 valence electrons. The highest BCUT2D eigenvalue weighted by Crippen LogP contribution is 2.24. The molecule has 0 radical (unpaired) electrons. The summed E-state index contributed by atoms with van der Waals surface area (Å²) in [6.07, 6.45) is -0.0436. The second-order valence-electron chi connectivity index (χ2n) is 4.23. The van der Waals surface area contributed by atoms with Crippen molar-refractivity contribution in [2.45, 2.75) is 37.2 Å². The van der Waals surface area contributed by atoms with E-state index in [9.17, 15) is 0 Å². The maximum Gasteiger partial charge on any atom is 0.322 e. The van der Waals surface area contributed by atoms with Crippen LogP contribution in [-0.2, 0) is 7.05 Å². The minimum Gasteiger partial charge on any atom is -0.461 e. The van der Waals surface area contributed by atoms with Gasteiger partial charge < -0.3 is 9.30 Å². The first-order valence-electron chi connectivity index (χ1n) is 5.92. The third-order valence-corrected chi connectivity index (χ3v) is 3.20. The number of rotatable bonds is 5. The first-order chi connectivity index (χ1) is 9.49. The highest BCUT2D eigenvalue weighted by atomic mass is 32.2. The van der Waals surface area contributed by atoms with Crippen LogP contribution in [0.15, 0.2) is 10.3 Å². The van der Waals surface area contributed by atoms with Crippen molar-refractivity contribution in [3.05, 3.63) is 5.82 Å². The molecule has 0 atom stereocenters. The Hall–Kier alpha value is -1.94. The number of hydrogen-bond donors (Lipinski definition) is 2. The lowest BCUT2D eigenvalue weighted by atomic mass is 10.5. The maximum absolute atomic E-state index is 5.46. The van der Waals surface area contributed by atoms with Crippen LogP contribution in [0.1, 0.15) is 19.7 Å². The molecule has 0 aromatic carbocycles. The lowest BCUT2D eigenvalue weighted by Crippen LogP contribution is -2.15. The fraction of sp³-hybridized carbons (Fsp3) is 0.500. The highest BCUT2D eigenvalue weighted by Gasteiger charge is 2.13. The second-order valence-corrected chi connectivity index (χ2v) is 5.16. The molecule has 0 aliphatic carbocycles. The van der Waals surface area contributed by atoms with E-state index in [1.807, 2.05) is 32.4 Å². The molecule has 0 amide bonds. The molecule has 0 saturated carbocycles. The van der Waals surface area contributed by atoms with Gasteiger partial charge in [-0.3, -0.25) is 5.43 Å². The molecule has 3 N–H and O–H groups in total. The van der Waals surface area contributed by atoms with Crippen LogP contribution in [0.5, 0.6) is 6.01 Å². The van der Waals surface area contributed by atoms with E-state index >= 15 is 0 Å². The molecule has 2 aromatic heterocycles. The van der Waals surface area contributed by atoms with E-state index in [1.165, 1.54) is 11.8 Å². The van der Waals surface area contributed by atoms with Gasteiger partial charge in [0.05, 0.1) is 6.10 Å². The Bertz CT molecular complexity index is 599. The second kappa shape index (κ2) is 6.01. The SMILES string of the molecule is Cc1nnc(Sc2nc(NN)nc(OC(C)C)n2)n1C. The van der Waals surface area contributed by atoms with Crippen molar-refractivity contribution in [2.75, 3.05) is 5.43 Å². The molecule has 2 heterocycles. The summed E-state index contributed by atoms with van der Waals surface area (Å²) in [5.74, 6) is 6.38. The standard InChI is InChI=1S/C10H16N8OS/c1-5(2)19-8-12-7(15-11)13-9(14-8)20-10-17-16-6(3)18(10)4/h5H,11H2,1-4H3,(H,12,13,14,15). The molecule has 0 spiro atoms. The van der Waals surface area contributed by atoms with Gasteiger partial charge in [0.2, 0.25) is 11.1 Å². The van der Waals surface area contributed by atoms with Crippen molar-refractivity contribution < 1.29 is 4.74 Å². The number of nitrogen functional groups attached to an aromatic ring is 1. The molecule has 10 heteroatoms. The zero-order valence-electron chi connectivity index (χ0n) is 11.7. The van der Waals surface area contributed by atoms with E-state index in [0.29, 0.717) is 10.3 Å². The third-order valence-electron chi connectivity index (χ3n) is 2.30. The number of aromatic nitrogens is 6. The van der Waals surface area contributed by atoms with E-state index in [1.54, 1.807) is 0 Å². The first kappa shape index (κ1) is 14.5. The molecular weight excluding hydrogens is 280 g/mol. The molecule has 2 rings (SSSR count). The van der Waals surface area contributed by atoms with E-state index in [0.717, 1.165) is 5.82 Å². The monoisotopic (exact) mass is 296 g/mol. The van der Waals surface area contributed by atoms with Crippen molar-refractivity contribution in [2.24, 2.45) is 12.9 Å². The van der Waals surface area contributed by atoms with Gasteiger partial charge in [-0.15, -0.1) is 10.2 Å². The summed E-state index contributed by atoms with van der Waals surface area (Å²) >= 11 is 1.26. The van der Waals surface area contributed by atoms with Crippen molar-refractivity contribution in [3.8, 4) is 6.01 Å². The number of aryl methyl sites for hydroxylation is 1. The van der Waals surface area contributed by atoms with Crippen LogP contribution >= 0.6 is 11.8 Å². The zero-order chi connectivity index (χ0) is 14.7. The Kier molecular flexibility index (Phi) is 4.35. The number of hydrazine groups is 1. The Morgan fingerprint density at radius 2 is 2.00 bits per heavy atom.